The summed E-state index contributed by atoms with van der Waals surface area (Å²) in [6, 6.07) is 7.32. The number of sulfonamides is 1. The van der Waals surface area contributed by atoms with E-state index in [1.165, 1.54) is 31.5 Å². The summed E-state index contributed by atoms with van der Waals surface area (Å²) in [7, 11) is -2.85. The van der Waals surface area contributed by atoms with Crippen molar-refractivity contribution in [3.63, 3.8) is 0 Å². The van der Waals surface area contributed by atoms with Gasteiger partial charge in [-0.1, -0.05) is 12.1 Å². The number of allylic oxidation sites excluding steroid dienone is 2. The molecule has 0 radical (unpaired) electrons. The van der Waals surface area contributed by atoms with Gasteiger partial charge in [0.15, 0.2) is 5.82 Å². The molecule has 4 rings (SSSR count). The lowest BCUT2D eigenvalue weighted by molar-refractivity contribution is 0.102. The van der Waals surface area contributed by atoms with Gasteiger partial charge in [0.05, 0.1) is 23.3 Å². The third kappa shape index (κ3) is 3.77. The molecule has 3 N–H and O–H groups in total. The Morgan fingerprint density at radius 2 is 1.97 bits per heavy atom. The molecule has 0 amide bonds. The van der Waals surface area contributed by atoms with Gasteiger partial charge in [-0.15, -0.1) is 0 Å². The van der Waals surface area contributed by atoms with Crippen molar-refractivity contribution in [2.45, 2.75) is 11.1 Å². The van der Waals surface area contributed by atoms with Gasteiger partial charge < -0.3 is 15.4 Å². The maximum absolute atomic E-state index is 15.1. The van der Waals surface area contributed by atoms with Gasteiger partial charge in [0.25, 0.3) is 10.0 Å². The number of carbonyl (C=O) groups excluding carboxylic acids is 1. The van der Waals surface area contributed by atoms with Crippen LogP contribution in [0.2, 0.25) is 0 Å². The van der Waals surface area contributed by atoms with Crippen molar-refractivity contribution >= 4 is 21.5 Å². The molecule has 31 heavy (non-hydrogen) atoms. The Bertz CT molecular complexity index is 1270. The molecule has 1 atom stereocenters. The Labute approximate surface area is 177 Å². The smallest absolute Gasteiger partial charge is 0.262 e. The molecule has 2 heterocycles. The molecule has 0 bridgehead atoms. The summed E-state index contributed by atoms with van der Waals surface area (Å²) in [5.74, 6) is -3.02. The lowest BCUT2D eigenvalue weighted by Gasteiger charge is -2.18. The van der Waals surface area contributed by atoms with Crippen LogP contribution < -0.4 is 20.1 Å². The number of benzene rings is 2. The molecule has 0 saturated heterocycles. The number of hydrogen-bond acceptors (Lipinski definition) is 6. The number of anilines is 1. The first kappa shape index (κ1) is 20.6. The van der Waals surface area contributed by atoms with E-state index in [0.29, 0.717) is 5.57 Å². The molecule has 2 aliphatic rings. The van der Waals surface area contributed by atoms with Gasteiger partial charge in [-0.2, -0.15) is 0 Å². The van der Waals surface area contributed by atoms with Crippen molar-refractivity contribution in [1.29, 1.82) is 0 Å². The van der Waals surface area contributed by atoms with Crippen molar-refractivity contribution in [2.75, 3.05) is 11.8 Å². The number of rotatable bonds is 6. The van der Waals surface area contributed by atoms with Crippen LogP contribution in [0.5, 0.6) is 5.75 Å². The molecule has 2 aliphatic heterocycles. The molecule has 0 aliphatic carbocycles. The van der Waals surface area contributed by atoms with E-state index in [4.69, 9.17) is 4.74 Å². The molecular formula is C21H17F2N3O4S. The largest absolute Gasteiger partial charge is 0.497 e. The Balaban J connectivity index is 1.69. The van der Waals surface area contributed by atoms with Gasteiger partial charge in [0.1, 0.15) is 17.7 Å². The lowest BCUT2D eigenvalue weighted by atomic mass is 9.95. The summed E-state index contributed by atoms with van der Waals surface area (Å²) in [6.45, 7) is 0. The lowest BCUT2D eigenvalue weighted by Crippen LogP contribution is -2.36. The van der Waals surface area contributed by atoms with Crippen LogP contribution in [-0.2, 0) is 10.0 Å². The number of ether oxygens (including phenoxy) is 1. The van der Waals surface area contributed by atoms with Crippen LogP contribution >= 0.6 is 0 Å². The molecule has 0 saturated carbocycles. The van der Waals surface area contributed by atoms with Gasteiger partial charge in [-0.05, 0) is 36.5 Å². The molecular weight excluding hydrogens is 428 g/mol. The van der Waals surface area contributed by atoms with E-state index >= 15 is 4.39 Å². The molecule has 10 heteroatoms. The van der Waals surface area contributed by atoms with Crippen molar-refractivity contribution in [3.05, 3.63) is 89.3 Å². The maximum Gasteiger partial charge on any atom is 0.262 e. The number of halogens is 2. The first-order valence-corrected chi connectivity index (χ1v) is 10.6. The van der Waals surface area contributed by atoms with E-state index in [2.05, 4.69) is 15.4 Å². The van der Waals surface area contributed by atoms with Crippen LogP contribution in [0.1, 0.15) is 10.4 Å². The fraction of sp³-hybridized carbons (Fsp3) is 0.0952. The highest BCUT2D eigenvalue weighted by molar-refractivity contribution is 7.92. The average Bonchev–Trinajstić information content (AvgIpc) is 3.20. The van der Waals surface area contributed by atoms with Gasteiger partial charge in [0.2, 0.25) is 5.78 Å². The summed E-state index contributed by atoms with van der Waals surface area (Å²) >= 11 is 0. The number of fused-ring (bicyclic) bond motifs is 1. The first-order chi connectivity index (χ1) is 14.8. The van der Waals surface area contributed by atoms with Crippen molar-refractivity contribution in [2.24, 2.45) is 0 Å². The maximum atomic E-state index is 15.1. The zero-order valence-electron chi connectivity index (χ0n) is 16.1. The Kier molecular flexibility index (Phi) is 5.24. The van der Waals surface area contributed by atoms with Crippen molar-refractivity contribution in [3.8, 4) is 5.75 Å². The molecule has 2 aromatic carbocycles. The van der Waals surface area contributed by atoms with E-state index in [1.54, 1.807) is 24.4 Å². The molecule has 0 spiro atoms. The van der Waals surface area contributed by atoms with Crippen LogP contribution in [0.4, 0.5) is 14.5 Å². The third-order valence-electron chi connectivity index (χ3n) is 4.81. The minimum atomic E-state index is -4.22. The topological polar surface area (TPSA) is 96.5 Å². The van der Waals surface area contributed by atoms with E-state index in [-0.39, 0.29) is 22.4 Å². The predicted octanol–water partition coefficient (Wildman–Crippen LogP) is 2.81. The standard InChI is InChI=1S/C21H17F2N3O4S/c1-30-12-4-2-5-13(10-12)31(28,29)26-17-8-7-16(22)18(19(17)23)20(27)15-11-25-21-14(15)6-3-9-24-21/h2-11,21,24-26H,1H3. The van der Waals surface area contributed by atoms with Crippen molar-refractivity contribution < 1.29 is 26.7 Å². The summed E-state index contributed by atoms with van der Waals surface area (Å²) in [6.07, 6.45) is 5.95. The van der Waals surface area contributed by atoms with E-state index in [0.717, 1.165) is 12.1 Å². The van der Waals surface area contributed by atoms with E-state index < -0.39 is 38.7 Å². The quantitative estimate of drug-likeness (QED) is 0.592. The summed E-state index contributed by atoms with van der Waals surface area (Å²) in [5, 5.41) is 5.86. The molecule has 160 valence electrons. The van der Waals surface area contributed by atoms with Crippen LogP contribution in [0.3, 0.4) is 0 Å². The zero-order valence-corrected chi connectivity index (χ0v) is 17.0. The van der Waals surface area contributed by atoms with Crippen molar-refractivity contribution in [1.82, 2.24) is 10.6 Å². The fourth-order valence-electron chi connectivity index (χ4n) is 3.27. The highest BCUT2D eigenvalue weighted by atomic mass is 32.2. The molecule has 1 unspecified atom stereocenters. The molecule has 7 nitrogen and oxygen atoms in total. The minimum absolute atomic E-state index is 0.0763. The molecule has 0 fully saturated rings. The second-order valence-electron chi connectivity index (χ2n) is 6.70. The fourth-order valence-corrected chi connectivity index (χ4v) is 4.36. The highest BCUT2D eigenvalue weighted by Gasteiger charge is 2.32. The van der Waals surface area contributed by atoms with Gasteiger partial charge >= 0.3 is 0 Å². The number of dihydropyridines is 1. The monoisotopic (exact) mass is 445 g/mol. The zero-order chi connectivity index (χ0) is 22.2. The number of ketones is 1. The minimum Gasteiger partial charge on any atom is -0.497 e. The van der Waals surface area contributed by atoms with Crippen LogP contribution in [0.15, 0.2) is 77.0 Å². The second kappa shape index (κ2) is 7.88. The third-order valence-corrected chi connectivity index (χ3v) is 6.17. The Morgan fingerprint density at radius 3 is 2.74 bits per heavy atom. The van der Waals surface area contributed by atoms with Gasteiger partial charge in [-0.3, -0.25) is 9.52 Å². The summed E-state index contributed by atoms with van der Waals surface area (Å²) in [4.78, 5) is 12.8. The number of methoxy groups -OCH3 is 1. The number of nitrogens with one attached hydrogen (secondary N) is 3. The predicted molar refractivity (Wildman–Crippen MR) is 110 cm³/mol. The average molecular weight is 445 g/mol. The molecule has 0 aromatic heterocycles. The van der Waals surface area contributed by atoms with E-state index in [1.807, 2.05) is 0 Å². The van der Waals surface area contributed by atoms with Crippen LogP contribution in [-0.4, -0.2) is 27.5 Å². The SMILES string of the molecule is COc1cccc(S(=O)(=O)Nc2ccc(F)c(C(=O)C3=CNC4NC=CC=C34)c2F)c1. The Morgan fingerprint density at radius 1 is 1.16 bits per heavy atom. The first-order valence-electron chi connectivity index (χ1n) is 9.11. The summed E-state index contributed by atoms with van der Waals surface area (Å²) < 4.78 is 62.0. The van der Waals surface area contributed by atoms with Gasteiger partial charge in [0, 0.05) is 23.4 Å². The normalized spacial score (nSPS) is 17.1. The van der Waals surface area contributed by atoms with E-state index in [9.17, 15) is 17.6 Å². The highest BCUT2D eigenvalue weighted by Crippen LogP contribution is 2.30. The van der Waals surface area contributed by atoms with Crippen LogP contribution in [0, 0.1) is 11.6 Å². The number of carbonyl (C=O) groups is 1. The van der Waals surface area contributed by atoms with Gasteiger partial charge in [-0.25, -0.2) is 17.2 Å². The second-order valence-corrected chi connectivity index (χ2v) is 8.39. The number of hydrogen-bond donors (Lipinski definition) is 3. The number of Topliss-reactive ketones (excluding diaryl/α,β-unsaturated/α-hetero) is 1. The van der Waals surface area contributed by atoms with Crippen LogP contribution in [0.25, 0.3) is 0 Å². The summed E-state index contributed by atoms with van der Waals surface area (Å²) in [5.41, 5.74) is -0.803. The molecule has 2 aromatic rings. The Hall–Kier alpha value is -3.66.